The number of amides is 2. The number of carbonyl (C=O) groups excluding carboxylic acids is 2. The van der Waals surface area contributed by atoms with Crippen molar-refractivity contribution >= 4 is 23.3 Å². The highest BCUT2D eigenvalue weighted by atomic mass is 16.2. The van der Waals surface area contributed by atoms with Gasteiger partial charge in [-0.2, -0.15) is 0 Å². The Morgan fingerprint density at radius 2 is 1.96 bits per heavy atom. The maximum absolute atomic E-state index is 12.8. The maximum Gasteiger partial charge on any atom is 0.290 e. The van der Waals surface area contributed by atoms with Crippen LogP contribution in [0.1, 0.15) is 32.6 Å². The number of carbonyl (C=O) groups is 2. The molecule has 1 fully saturated rings. The van der Waals surface area contributed by atoms with E-state index in [0.29, 0.717) is 11.6 Å². The molecule has 1 saturated carbocycles. The number of nitrogens with zero attached hydrogens (tertiary/aromatic N) is 3. The third-order valence-corrected chi connectivity index (χ3v) is 4.94. The second kappa shape index (κ2) is 7.03. The molecule has 1 N–H and O–H groups in total. The molecular formula is C18H24N4O2. The average molecular weight is 328 g/mol. The highest BCUT2D eigenvalue weighted by Crippen LogP contribution is 2.27. The van der Waals surface area contributed by atoms with Gasteiger partial charge in [-0.15, -0.1) is 0 Å². The molecule has 128 valence electrons. The molecule has 0 bridgehead atoms. The van der Waals surface area contributed by atoms with Crippen LogP contribution in [0.15, 0.2) is 35.3 Å². The summed E-state index contributed by atoms with van der Waals surface area (Å²) in [5.41, 5.74) is 3.60. The molecule has 2 aliphatic rings. The Morgan fingerprint density at radius 3 is 2.67 bits per heavy atom. The number of benzene rings is 1. The van der Waals surface area contributed by atoms with Crippen molar-refractivity contribution in [3.05, 3.63) is 30.3 Å². The lowest BCUT2D eigenvalue weighted by atomic mass is 9.85. The number of aliphatic imine (C=N–C) groups is 1. The van der Waals surface area contributed by atoms with Crippen LogP contribution in [0.2, 0.25) is 0 Å². The first-order valence-electron chi connectivity index (χ1n) is 8.54. The van der Waals surface area contributed by atoms with E-state index in [-0.39, 0.29) is 30.2 Å². The number of para-hydroxylation sites is 1. The van der Waals surface area contributed by atoms with E-state index in [1.54, 1.807) is 4.90 Å². The molecular weight excluding hydrogens is 304 g/mol. The van der Waals surface area contributed by atoms with Crippen LogP contribution in [-0.2, 0) is 9.59 Å². The predicted octanol–water partition coefficient (Wildman–Crippen LogP) is 1.97. The molecule has 1 aromatic carbocycles. The summed E-state index contributed by atoms with van der Waals surface area (Å²) in [5, 5.41) is 1.40. The molecule has 1 aliphatic carbocycles. The molecule has 6 nitrogen and oxygen atoms in total. The lowest BCUT2D eigenvalue weighted by Gasteiger charge is -2.37. The summed E-state index contributed by atoms with van der Waals surface area (Å²) in [4.78, 5) is 30.9. The molecule has 2 amide bonds. The number of likely N-dealkylation sites (N-methyl/N-ethyl adjacent to an activating group) is 1. The number of amidine groups is 1. The van der Waals surface area contributed by atoms with Crippen molar-refractivity contribution in [1.82, 2.24) is 10.3 Å². The first kappa shape index (κ1) is 16.5. The monoisotopic (exact) mass is 328 g/mol. The third-order valence-electron chi connectivity index (χ3n) is 4.94. The Labute approximate surface area is 142 Å². The molecule has 6 heteroatoms. The highest BCUT2D eigenvalue weighted by molar-refractivity contribution is 6.39. The van der Waals surface area contributed by atoms with Gasteiger partial charge in [0, 0.05) is 13.1 Å². The van der Waals surface area contributed by atoms with Gasteiger partial charge in [0.15, 0.2) is 0 Å². The van der Waals surface area contributed by atoms with Gasteiger partial charge in [-0.3, -0.25) is 20.0 Å². The minimum absolute atomic E-state index is 0.0168. The fourth-order valence-electron chi connectivity index (χ4n) is 3.51. The van der Waals surface area contributed by atoms with Gasteiger partial charge in [-0.05, 0) is 30.9 Å². The summed E-state index contributed by atoms with van der Waals surface area (Å²) in [7, 11) is 1.84. The fourth-order valence-corrected chi connectivity index (χ4v) is 3.51. The Kier molecular flexibility index (Phi) is 4.83. The Bertz CT molecular complexity index is 644. The van der Waals surface area contributed by atoms with Crippen molar-refractivity contribution in [3.8, 4) is 0 Å². The van der Waals surface area contributed by atoms with Crippen LogP contribution in [0.25, 0.3) is 0 Å². The number of anilines is 1. The lowest BCUT2D eigenvalue weighted by Crippen LogP contribution is -2.57. The van der Waals surface area contributed by atoms with Gasteiger partial charge in [-0.25, -0.2) is 5.01 Å². The van der Waals surface area contributed by atoms with E-state index in [0.717, 1.165) is 19.3 Å². The van der Waals surface area contributed by atoms with Crippen molar-refractivity contribution in [3.63, 3.8) is 0 Å². The first-order chi connectivity index (χ1) is 11.6. The van der Waals surface area contributed by atoms with Crippen molar-refractivity contribution < 1.29 is 9.59 Å². The van der Waals surface area contributed by atoms with Crippen LogP contribution in [-0.4, -0.2) is 42.2 Å². The van der Waals surface area contributed by atoms with E-state index in [1.807, 2.05) is 37.4 Å². The zero-order chi connectivity index (χ0) is 17.1. The number of rotatable bonds is 3. The van der Waals surface area contributed by atoms with Crippen molar-refractivity contribution in [1.29, 1.82) is 0 Å². The van der Waals surface area contributed by atoms with Crippen LogP contribution < -0.4 is 10.4 Å². The average Bonchev–Trinajstić information content (AvgIpc) is 2.62. The minimum Gasteiger partial charge on any atom is -0.336 e. The summed E-state index contributed by atoms with van der Waals surface area (Å²) < 4.78 is 0. The summed E-state index contributed by atoms with van der Waals surface area (Å²) in [6.07, 6.45) is 4.56. The number of nitrogens with one attached hydrogen (secondary N) is 1. The highest BCUT2D eigenvalue weighted by Gasteiger charge is 2.32. The molecule has 2 atom stereocenters. The molecule has 1 aliphatic heterocycles. The molecule has 0 spiro atoms. The summed E-state index contributed by atoms with van der Waals surface area (Å²) in [5.74, 6) is 0.399. The van der Waals surface area contributed by atoms with Gasteiger partial charge in [0.05, 0.1) is 5.69 Å². The van der Waals surface area contributed by atoms with Crippen LogP contribution >= 0.6 is 0 Å². The second-order valence-corrected chi connectivity index (χ2v) is 6.59. The van der Waals surface area contributed by atoms with E-state index in [2.05, 4.69) is 17.3 Å². The molecule has 1 heterocycles. The Morgan fingerprint density at radius 1 is 1.25 bits per heavy atom. The zero-order valence-electron chi connectivity index (χ0n) is 14.2. The molecule has 0 aromatic heterocycles. The van der Waals surface area contributed by atoms with Crippen molar-refractivity contribution in [2.75, 3.05) is 18.6 Å². The third kappa shape index (κ3) is 3.27. The number of hydrazine groups is 1. The molecule has 24 heavy (non-hydrogen) atoms. The number of hydrogen-bond acceptors (Lipinski definition) is 4. The second-order valence-electron chi connectivity index (χ2n) is 6.59. The van der Waals surface area contributed by atoms with Crippen molar-refractivity contribution in [2.45, 2.75) is 38.6 Å². The summed E-state index contributed by atoms with van der Waals surface area (Å²) in [6, 6.07) is 9.48. The Hall–Kier alpha value is -2.37. The van der Waals surface area contributed by atoms with Crippen LogP contribution in [0.3, 0.4) is 0 Å². The Balaban J connectivity index is 1.74. The first-order valence-corrected chi connectivity index (χ1v) is 8.54. The smallest absolute Gasteiger partial charge is 0.290 e. The van der Waals surface area contributed by atoms with Gasteiger partial charge in [0.2, 0.25) is 5.84 Å². The van der Waals surface area contributed by atoms with Gasteiger partial charge in [0.1, 0.15) is 6.54 Å². The van der Waals surface area contributed by atoms with E-state index >= 15 is 0 Å². The van der Waals surface area contributed by atoms with Crippen molar-refractivity contribution in [2.24, 2.45) is 10.9 Å². The van der Waals surface area contributed by atoms with Gasteiger partial charge in [-0.1, -0.05) is 38.0 Å². The topological polar surface area (TPSA) is 65.0 Å². The van der Waals surface area contributed by atoms with Crippen LogP contribution in [0, 0.1) is 5.92 Å². The SMILES string of the molecule is C[C@@H]1CCCC[C@@H]1N(C)C(=O)C1=NCC(=O)N(c2ccccc2)N1. The van der Waals surface area contributed by atoms with Gasteiger partial charge < -0.3 is 4.90 Å². The maximum atomic E-state index is 12.8. The van der Waals surface area contributed by atoms with Crippen LogP contribution in [0.4, 0.5) is 5.69 Å². The van der Waals surface area contributed by atoms with E-state index in [1.165, 1.54) is 11.4 Å². The molecule has 0 saturated heterocycles. The van der Waals surface area contributed by atoms with Crippen LogP contribution in [0.5, 0.6) is 0 Å². The van der Waals surface area contributed by atoms with E-state index in [4.69, 9.17) is 0 Å². The fraction of sp³-hybridized carbons (Fsp3) is 0.500. The molecule has 0 radical (unpaired) electrons. The minimum atomic E-state index is -0.175. The largest absolute Gasteiger partial charge is 0.336 e. The molecule has 3 rings (SSSR count). The summed E-state index contributed by atoms with van der Waals surface area (Å²) in [6.45, 7) is 2.18. The number of hydrogen-bond donors (Lipinski definition) is 1. The summed E-state index contributed by atoms with van der Waals surface area (Å²) >= 11 is 0. The molecule has 1 aromatic rings. The normalized spacial score (nSPS) is 24.2. The predicted molar refractivity (Wildman–Crippen MR) is 93.6 cm³/mol. The zero-order valence-corrected chi connectivity index (χ0v) is 14.2. The molecule has 0 unspecified atom stereocenters. The van der Waals surface area contributed by atoms with E-state index in [9.17, 15) is 9.59 Å². The van der Waals surface area contributed by atoms with E-state index < -0.39 is 0 Å². The standard InChI is InChI=1S/C18H24N4O2/c1-13-8-6-7-11-15(13)21(2)18(24)17-19-12-16(23)22(20-17)14-9-4-3-5-10-14/h3-5,9-10,13,15H,6-8,11-12H2,1-2H3,(H,19,20)/t13-,15+/m1/s1. The van der Waals surface area contributed by atoms with Gasteiger partial charge in [0.25, 0.3) is 11.8 Å². The quantitative estimate of drug-likeness (QED) is 0.922. The van der Waals surface area contributed by atoms with Gasteiger partial charge >= 0.3 is 0 Å². The lowest BCUT2D eigenvalue weighted by molar-refractivity contribution is -0.126.